The van der Waals surface area contributed by atoms with E-state index >= 15 is 0 Å². The van der Waals surface area contributed by atoms with Crippen molar-refractivity contribution in [1.29, 1.82) is 0 Å². The second-order valence-electron chi connectivity index (χ2n) is 5.31. The predicted molar refractivity (Wildman–Crippen MR) is 77.6 cm³/mol. The second-order valence-corrected chi connectivity index (χ2v) is 5.74. The van der Waals surface area contributed by atoms with Gasteiger partial charge in [-0.25, -0.2) is 0 Å². The van der Waals surface area contributed by atoms with Crippen molar-refractivity contribution in [2.75, 3.05) is 0 Å². The molecule has 2 nitrogen and oxygen atoms in total. The van der Waals surface area contributed by atoms with Crippen LogP contribution in [0.2, 0.25) is 5.02 Å². The Hall–Kier alpha value is -1.25. The fourth-order valence-corrected chi connectivity index (χ4v) is 3.06. The summed E-state index contributed by atoms with van der Waals surface area (Å²) in [7, 11) is 0. The number of rotatable bonds is 2. The number of aryl methyl sites for hydroxylation is 1. The Kier molecular flexibility index (Phi) is 3.38. The first-order valence-corrected chi connectivity index (χ1v) is 7.14. The van der Waals surface area contributed by atoms with Crippen LogP contribution in [-0.2, 0) is 13.0 Å². The lowest BCUT2D eigenvalue weighted by molar-refractivity contribution is 0.156. The van der Waals surface area contributed by atoms with Gasteiger partial charge in [0.15, 0.2) is 0 Å². The van der Waals surface area contributed by atoms with Gasteiger partial charge in [-0.15, -0.1) is 0 Å². The molecule has 3 heteroatoms. The molecule has 0 fully saturated rings. The highest BCUT2D eigenvalue weighted by atomic mass is 35.5. The monoisotopic (exact) mass is 275 g/mol. The zero-order chi connectivity index (χ0) is 13.4. The summed E-state index contributed by atoms with van der Waals surface area (Å²) in [6.07, 6.45) is 2.73. The molecule has 1 heterocycles. The van der Waals surface area contributed by atoms with E-state index in [0.717, 1.165) is 36.4 Å². The molecule has 1 aromatic carbocycles. The maximum absolute atomic E-state index is 10.1. The Balaban J connectivity index is 1.95. The van der Waals surface area contributed by atoms with Crippen molar-refractivity contribution >= 4 is 11.6 Å². The summed E-state index contributed by atoms with van der Waals surface area (Å²) in [5.41, 5.74) is 4.88. The first kappa shape index (κ1) is 12.8. The van der Waals surface area contributed by atoms with Crippen LogP contribution in [0.3, 0.4) is 0 Å². The van der Waals surface area contributed by atoms with Gasteiger partial charge in [0.05, 0.1) is 6.10 Å². The van der Waals surface area contributed by atoms with Crippen LogP contribution in [0.25, 0.3) is 0 Å². The van der Waals surface area contributed by atoms with Gasteiger partial charge in [-0.1, -0.05) is 23.7 Å². The van der Waals surface area contributed by atoms with Crippen LogP contribution >= 0.6 is 11.6 Å². The molecule has 19 heavy (non-hydrogen) atoms. The van der Waals surface area contributed by atoms with E-state index in [4.69, 9.17) is 11.6 Å². The number of aliphatic hydroxyl groups excluding tert-OH is 1. The van der Waals surface area contributed by atoms with E-state index in [1.165, 1.54) is 17.0 Å². The number of aliphatic hydroxyl groups is 1. The van der Waals surface area contributed by atoms with Gasteiger partial charge in [0.25, 0.3) is 0 Å². The van der Waals surface area contributed by atoms with Crippen molar-refractivity contribution in [3.8, 4) is 0 Å². The molecule has 0 spiro atoms. The number of benzene rings is 1. The SMILES string of the molecule is Cc1cc2c(n1Cc1ccc(Cl)cc1)CCCC2O. The van der Waals surface area contributed by atoms with E-state index in [0.29, 0.717) is 0 Å². The minimum Gasteiger partial charge on any atom is -0.388 e. The molecule has 1 N–H and O–H groups in total. The molecule has 100 valence electrons. The summed E-state index contributed by atoms with van der Waals surface area (Å²) in [4.78, 5) is 0. The smallest absolute Gasteiger partial charge is 0.0807 e. The molecule has 1 aliphatic carbocycles. The van der Waals surface area contributed by atoms with Crippen LogP contribution in [0.1, 0.15) is 41.5 Å². The van der Waals surface area contributed by atoms with Crippen molar-refractivity contribution in [3.63, 3.8) is 0 Å². The summed E-state index contributed by atoms with van der Waals surface area (Å²) in [5.74, 6) is 0. The molecule has 1 aromatic heterocycles. The molecule has 3 rings (SSSR count). The summed E-state index contributed by atoms with van der Waals surface area (Å²) in [6.45, 7) is 2.96. The fourth-order valence-electron chi connectivity index (χ4n) is 2.93. The molecular formula is C16H18ClNO. The van der Waals surface area contributed by atoms with Crippen LogP contribution in [0.5, 0.6) is 0 Å². The van der Waals surface area contributed by atoms with Gasteiger partial charge in [-0.05, 0) is 49.9 Å². The Morgan fingerprint density at radius 2 is 2.05 bits per heavy atom. The third-order valence-corrected chi connectivity index (χ3v) is 4.21. The Bertz CT molecular complexity index is 586. The summed E-state index contributed by atoms with van der Waals surface area (Å²) in [5, 5.41) is 10.8. The van der Waals surface area contributed by atoms with E-state index in [1.807, 2.05) is 12.1 Å². The van der Waals surface area contributed by atoms with Crippen molar-refractivity contribution < 1.29 is 5.11 Å². The highest BCUT2D eigenvalue weighted by molar-refractivity contribution is 6.30. The average Bonchev–Trinajstić information content (AvgIpc) is 2.71. The summed E-state index contributed by atoms with van der Waals surface area (Å²) >= 11 is 5.92. The van der Waals surface area contributed by atoms with Gasteiger partial charge in [0.1, 0.15) is 0 Å². The summed E-state index contributed by atoms with van der Waals surface area (Å²) < 4.78 is 2.32. The van der Waals surface area contributed by atoms with Gasteiger partial charge in [-0.2, -0.15) is 0 Å². The highest BCUT2D eigenvalue weighted by Gasteiger charge is 2.22. The Morgan fingerprint density at radius 3 is 2.79 bits per heavy atom. The zero-order valence-electron chi connectivity index (χ0n) is 11.1. The van der Waals surface area contributed by atoms with Crippen molar-refractivity contribution in [2.45, 2.75) is 38.8 Å². The highest BCUT2D eigenvalue weighted by Crippen LogP contribution is 2.32. The quantitative estimate of drug-likeness (QED) is 0.884. The van der Waals surface area contributed by atoms with Crippen molar-refractivity contribution in [1.82, 2.24) is 4.57 Å². The minimum absolute atomic E-state index is 0.283. The predicted octanol–water partition coefficient (Wildman–Crippen LogP) is 3.87. The van der Waals surface area contributed by atoms with Crippen LogP contribution in [-0.4, -0.2) is 9.67 Å². The molecule has 1 unspecified atom stereocenters. The normalized spacial score (nSPS) is 18.4. The average molecular weight is 276 g/mol. The van der Waals surface area contributed by atoms with Gasteiger partial charge in [0, 0.05) is 28.5 Å². The number of nitrogens with zero attached hydrogens (tertiary/aromatic N) is 1. The molecule has 0 saturated carbocycles. The number of aromatic nitrogens is 1. The van der Waals surface area contributed by atoms with Crippen LogP contribution in [0.15, 0.2) is 30.3 Å². The van der Waals surface area contributed by atoms with Crippen molar-refractivity contribution in [2.24, 2.45) is 0 Å². The lowest BCUT2D eigenvalue weighted by Crippen LogP contribution is -2.13. The molecule has 2 aromatic rings. The Morgan fingerprint density at radius 1 is 1.32 bits per heavy atom. The molecule has 0 radical (unpaired) electrons. The van der Waals surface area contributed by atoms with Gasteiger partial charge < -0.3 is 9.67 Å². The lowest BCUT2D eigenvalue weighted by atomic mass is 9.95. The molecule has 1 atom stereocenters. The largest absolute Gasteiger partial charge is 0.388 e. The molecule has 1 aliphatic rings. The minimum atomic E-state index is -0.283. The van der Waals surface area contributed by atoms with Gasteiger partial charge in [0.2, 0.25) is 0 Å². The Labute approximate surface area is 118 Å². The van der Waals surface area contributed by atoms with E-state index in [1.54, 1.807) is 0 Å². The number of hydrogen-bond acceptors (Lipinski definition) is 1. The first-order chi connectivity index (χ1) is 9.15. The lowest BCUT2D eigenvalue weighted by Gasteiger charge is -2.20. The van der Waals surface area contributed by atoms with Crippen LogP contribution < -0.4 is 0 Å². The molecule has 0 amide bonds. The standard InChI is InChI=1S/C16H18ClNO/c1-11-9-14-15(3-2-4-16(14)19)18(11)10-12-5-7-13(17)8-6-12/h5-9,16,19H,2-4,10H2,1H3. The van der Waals surface area contributed by atoms with E-state index in [-0.39, 0.29) is 6.10 Å². The zero-order valence-corrected chi connectivity index (χ0v) is 11.8. The molecule has 0 saturated heterocycles. The maximum Gasteiger partial charge on any atom is 0.0807 e. The molecular weight excluding hydrogens is 258 g/mol. The van der Waals surface area contributed by atoms with Gasteiger partial charge >= 0.3 is 0 Å². The maximum atomic E-state index is 10.1. The number of fused-ring (bicyclic) bond motifs is 1. The molecule has 0 aliphatic heterocycles. The van der Waals surface area contributed by atoms with Crippen LogP contribution in [0.4, 0.5) is 0 Å². The third-order valence-electron chi connectivity index (χ3n) is 3.95. The third kappa shape index (κ3) is 2.43. The number of hydrogen-bond donors (Lipinski definition) is 1. The second kappa shape index (κ2) is 5.03. The first-order valence-electron chi connectivity index (χ1n) is 6.76. The molecule has 0 bridgehead atoms. The van der Waals surface area contributed by atoms with Gasteiger partial charge in [-0.3, -0.25) is 0 Å². The topological polar surface area (TPSA) is 25.2 Å². The fraction of sp³-hybridized carbons (Fsp3) is 0.375. The van der Waals surface area contributed by atoms with Crippen LogP contribution in [0, 0.1) is 6.92 Å². The number of halogens is 1. The van der Waals surface area contributed by atoms with E-state index in [2.05, 4.69) is 29.7 Å². The van der Waals surface area contributed by atoms with E-state index in [9.17, 15) is 5.11 Å². The van der Waals surface area contributed by atoms with Crippen molar-refractivity contribution in [3.05, 3.63) is 57.9 Å². The summed E-state index contributed by atoms with van der Waals surface area (Å²) in [6, 6.07) is 10.1. The van der Waals surface area contributed by atoms with E-state index < -0.39 is 0 Å².